The summed E-state index contributed by atoms with van der Waals surface area (Å²) in [6.45, 7) is 2.91. The quantitative estimate of drug-likeness (QED) is 0.823. The van der Waals surface area contributed by atoms with E-state index >= 15 is 0 Å². The van der Waals surface area contributed by atoms with Crippen LogP contribution < -0.4 is 5.32 Å². The Balaban J connectivity index is 1.88. The van der Waals surface area contributed by atoms with Gasteiger partial charge >= 0.3 is 0 Å². The second-order valence-electron chi connectivity index (χ2n) is 2.86. The van der Waals surface area contributed by atoms with Crippen molar-refractivity contribution in [2.45, 2.75) is 21.4 Å². The molecule has 17 heavy (non-hydrogen) atoms. The molecule has 0 unspecified atom stereocenters. The van der Waals surface area contributed by atoms with Crippen molar-refractivity contribution in [1.82, 2.24) is 20.4 Å². The summed E-state index contributed by atoms with van der Waals surface area (Å²) >= 11 is 6.47. The molecule has 0 saturated heterocycles. The number of hydrogen-bond donors (Lipinski definition) is 1. The lowest BCUT2D eigenvalue weighted by molar-refractivity contribution is 0.954. The van der Waals surface area contributed by atoms with Crippen LogP contribution in [0.25, 0.3) is 0 Å². The van der Waals surface area contributed by atoms with Crippen LogP contribution in [0, 0.1) is 0 Å². The van der Waals surface area contributed by atoms with Crippen LogP contribution in [-0.4, -0.2) is 33.2 Å². The predicted molar refractivity (Wildman–Crippen MR) is 75.3 cm³/mol. The molecule has 0 aliphatic heterocycles. The van der Waals surface area contributed by atoms with E-state index in [0.717, 1.165) is 31.1 Å². The van der Waals surface area contributed by atoms with Gasteiger partial charge in [-0.2, -0.15) is 0 Å². The van der Waals surface area contributed by atoms with Crippen molar-refractivity contribution in [2.75, 3.05) is 18.1 Å². The third-order valence-corrected chi connectivity index (χ3v) is 5.78. The van der Waals surface area contributed by atoms with Crippen LogP contribution in [0.5, 0.6) is 0 Å². The third kappa shape index (κ3) is 3.80. The van der Waals surface area contributed by atoms with Crippen molar-refractivity contribution < 1.29 is 0 Å². The van der Waals surface area contributed by atoms with Gasteiger partial charge in [-0.15, -0.1) is 20.4 Å². The first-order chi connectivity index (χ1) is 8.31. The molecule has 0 aliphatic carbocycles. The van der Waals surface area contributed by atoms with Gasteiger partial charge < -0.3 is 5.32 Å². The Morgan fingerprint density at radius 1 is 1.12 bits per heavy atom. The average Bonchev–Trinajstić information content (AvgIpc) is 2.95. The standard InChI is InChI=1S/C8H11N5S4/c1-3-9-6-11-10-5(16-6)4-15-8-13-12-7(14-2)17-8/h3-4H2,1-2H3,(H,9,11). The molecular formula is C8H11N5S4. The molecule has 9 heteroatoms. The van der Waals surface area contributed by atoms with Gasteiger partial charge in [-0.1, -0.05) is 46.2 Å². The maximum absolute atomic E-state index is 4.11. The van der Waals surface area contributed by atoms with Crippen LogP contribution in [0.15, 0.2) is 8.68 Å². The topological polar surface area (TPSA) is 63.6 Å². The molecule has 0 spiro atoms. The molecule has 2 aromatic rings. The molecule has 0 aromatic carbocycles. The Kier molecular flexibility index (Phi) is 5.01. The van der Waals surface area contributed by atoms with Gasteiger partial charge in [-0.05, 0) is 13.2 Å². The summed E-state index contributed by atoms with van der Waals surface area (Å²) in [5.74, 6) is 0.798. The lowest BCUT2D eigenvalue weighted by Crippen LogP contribution is -1.94. The summed E-state index contributed by atoms with van der Waals surface area (Å²) < 4.78 is 1.98. The SMILES string of the molecule is CCNc1nnc(CSc2nnc(SC)s2)s1. The van der Waals surface area contributed by atoms with Gasteiger partial charge in [0.1, 0.15) is 5.01 Å². The van der Waals surface area contributed by atoms with E-state index in [1.807, 2.05) is 13.2 Å². The number of nitrogens with one attached hydrogen (secondary N) is 1. The summed E-state index contributed by atoms with van der Waals surface area (Å²) in [4.78, 5) is 0. The Bertz CT molecular complexity index is 468. The number of aromatic nitrogens is 4. The molecule has 0 saturated carbocycles. The summed E-state index contributed by atoms with van der Waals surface area (Å²) in [6.07, 6.45) is 2.00. The highest BCUT2D eigenvalue weighted by Crippen LogP contribution is 2.30. The highest BCUT2D eigenvalue weighted by molar-refractivity contribution is 8.02. The molecule has 2 aromatic heterocycles. The fourth-order valence-electron chi connectivity index (χ4n) is 0.996. The second-order valence-corrected chi connectivity index (χ2v) is 7.17. The largest absolute Gasteiger partial charge is 0.360 e. The molecule has 0 radical (unpaired) electrons. The predicted octanol–water partition coefficient (Wildman–Crippen LogP) is 2.84. The van der Waals surface area contributed by atoms with Gasteiger partial charge in [0.25, 0.3) is 0 Å². The lowest BCUT2D eigenvalue weighted by atomic mass is 10.8. The van der Waals surface area contributed by atoms with Crippen LogP contribution in [0.4, 0.5) is 5.13 Å². The summed E-state index contributed by atoms with van der Waals surface area (Å²) in [7, 11) is 0. The van der Waals surface area contributed by atoms with Gasteiger partial charge in [-0.3, -0.25) is 0 Å². The number of rotatable bonds is 6. The summed E-state index contributed by atoms with van der Waals surface area (Å²) in [6, 6.07) is 0. The van der Waals surface area contributed by atoms with Crippen LogP contribution in [-0.2, 0) is 5.75 Å². The van der Waals surface area contributed by atoms with E-state index in [9.17, 15) is 0 Å². The van der Waals surface area contributed by atoms with Crippen molar-refractivity contribution in [3.8, 4) is 0 Å². The second kappa shape index (κ2) is 6.53. The maximum Gasteiger partial charge on any atom is 0.205 e. The summed E-state index contributed by atoms with van der Waals surface area (Å²) in [5, 5.41) is 21.3. The Hall–Kier alpha value is -0.380. The fourth-order valence-corrected chi connectivity index (χ4v) is 4.23. The highest BCUT2D eigenvalue weighted by atomic mass is 32.2. The van der Waals surface area contributed by atoms with Crippen LogP contribution in [0.2, 0.25) is 0 Å². The number of nitrogens with zero attached hydrogens (tertiary/aromatic N) is 4. The minimum absolute atomic E-state index is 0.798. The minimum Gasteiger partial charge on any atom is -0.360 e. The molecule has 0 aliphatic rings. The van der Waals surface area contributed by atoms with E-state index in [0.29, 0.717) is 0 Å². The van der Waals surface area contributed by atoms with Crippen LogP contribution in [0.1, 0.15) is 11.9 Å². The first kappa shape index (κ1) is 13.1. The molecule has 5 nitrogen and oxygen atoms in total. The van der Waals surface area contributed by atoms with E-state index < -0.39 is 0 Å². The van der Waals surface area contributed by atoms with Gasteiger partial charge in [-0.25, -0.2) is 0 Å². The first-order valence-electron chi connectivity index (χ1n) is 4.88. The molecule has 2 heterocycles. The first-order valence-corrected chi connectivity index (χ1v) is 8.72. The lowest BCUT2D eigenvalue weighted by Gasteiger charge is -1.92. The maximum atomic E-state index is 4.11. The van der Waals surface area contributed by atoms with Gasteiger partial charge in [0.15, 0.2) is 8.68 Å². The normalized spacial score (nSPS) is 10.7. The van der Waals surface area contributed by atoms with Crippen molar-refractivity contribution in [1.29, 1.82) is 0 Å². The van der Waals surface area contributed by atoms with E-state index in [4.69, 9.17) is 0 Å². The Morgan fingerprint density at radius 3 is 2.65 bits per heavy atom. The van der Waals surface area contributed by atoms with Gasteiger partial charge in [0.05, 0.1) is 5.75 Å². The smallest absolute Gasteiger partial charge is 0.205 e. The van der Waals surface area contributed by atoms with Gasteiger partial charge in [0, 0.05) is 6.54 Å². The average molecular weight is 305 g/mol. The van der Waals surface area contributed by atoms with E-state index in [-0.39, 0.29) is 0 Å². The number of thioether (sulfide) groups is 2. The van der Waals surface area contributed by atoms with Crippen LogP contribution in [0.3, 0.4) is 0 Å². The molecule has 0 atom stereocenters. The zero-order valence-corrected chi connectivity index (χ0v) is 12.6. The zero-order chi connectivity index (χ0) is 12.1. The van der Waals surface area contributed by atoms with E-state index in [2.05, 4.69) is 25.7 Å². The van der Waals surface area contributed by atoms with Gasteiger partial charge in [0.2, 0.25) is 5.13 Å². The number of anilines is 1. The van der Waals surface area contributed by atoms with Crippen molar-refractivity contribution in [3.05, 3.63) is 5.01 Å². The van der Waals surface area contributed by atoms with Crippen molar-refractivity contribution in [3.63, 3.8) is 0 Å². The van der Waals surface area contributed by atoms with E-state index in [1.165, 1.54) is 0 Å². The molecular weight excluding hydrogens is 294 g/mol. The molecule has 0 fully saturated rings. The van der Waals surface area contributed by atoms with Crippen LogP contribution >= 0.6 is 46.2 Å². The molecule has 0 amide bonds. The molecule has 1 N–H and O–H groups in total. The highest BCUT2D eigenvalue weighted by Gasteiger charge is 2.07. The van der Waals surface area contributed by atoms with Crippen molar-refractivity contribution in [2.24, 2.45) is 0 Å². The minimum atomic E-state index is 0.798. The van der Waals surface area contributed by atoms with Crippen molar-refractivity contribution >= 4 is 51.3 Å². The molecule has 2 rings (SSSR count). The van der Waals surface area contributed by atoms with E-state index in [1.54, 1.807) is 46.2 Å². The molecule has 92 valence electrons. The number of hydrogen-bond acceptors (Lipinski definition) is 9. The zero-order valence-electron chi connectivity index (χ0n) is 9.34. The Morgan fingerprint density at radius 2 is 1.94 bits per heavy atom. The molecule has 0 bridgehead atoms. The fraction of sp³-hybridized carbons (Fsp3) is 0.500. The Labute approximate surface area is 116 Å². The third-order valence-electron chi connectivity index (χ3n) is 1.68. The monoisotopic (exact) mass is 305 g/mol. The summed E-state index contributed by atoms with van der Waals surface area (Å²) in [5.41, 5.74) is 0.